The highest BCUT2D eigenvalue weighted by Crippen LogP contribution is 2.10. The number of ether oxygens (including phenoxy) is 1. The third-order valence-corrected chi connectivity index (χ3v) is 5.65. The van der Waals surface area contributed by atoms with E-state index in [0.29, 0.717) is 43.7 Å². The van der Waals surface area contributed by atoms with E-state index in [4.69, 9.17) is 11.1 Å². The van der Waals surface area contributed by atoms with Crippen LogP contribution in [-0.2, 0) is 19.1 Å². The number of carbonyl (C=O) groups excluding carboxylic acids is 3. The molecule has 0 radical (unpaired) electrons. The zero-order valence-corrected chi connectivity index (χ0v) is 21.4. The van der Waals surface area contributed by atoms with Crippen LogP contribution in [-0.4, -0.2) is 94.2 Å². The molecule has 0 aromatic heterocycles. The molecule has 0 saturated heterocycles. The van der Waals surface area contributed by atoms with Crippen LogP contribution in [0.2, 0.25) is 0 Å². The van der Waals surface area contributed by atoms with Crippen molar-refractivity contribution in [2.24, 2.45) is 10.7 Å². The summed E-state index contributed by atoms with van der Waals surface area (Å²) >= 11 is 0. The molecule has 0 aromatic carbocycles. The summed E-state index contributed by atoms with van der Waals surface area (Å²) in [6.45, 7) is 2.25. The van der Waals surface area contributed by atoms with Gasteiger partial charge in [0.2, 0.25) is 0 Å². The quantitative estimate of drug-likeness (QED) is 0.0471. The average molecular weight is 517 g/mol. The fourth-order valence-electron chi connectivity index (χ4n) is 3.26. The maximum absolute atomic E-state index is 12.1. The summed E-state index contributed by atoms with van der Waals surface area (Å²) in [5.74, 6) is -1.49. The van der Waals surface area contributed by atoms with E-state index in [1.54, 1.807) is 0 Å². The molecule has 8 N–H and O–H groups in total. The summed E-state index contributed by atoms with van der Waals surface area (Å²) in [6, 6.07) is 0. The monoisotopic (exact) mass is 516 g/mol. The number of Topliss-reactive ketones (excluding diaryl/α,β-unsaturated/α-hetero) is 1. The fourth-order valence-corrected chi connectivity index (χ4v) is 3.26. The van der Waals surface area contributed by atoms with Crippen molar-refractivity contribution in [3.8, 4) is 0 Å². The number of nitrogens with zero attached hydrogens (tertiary/aromatic N) is 1. The lowest BCUT2D eigenvalue weighted by atomic mass is 9.97. The van der Waals surface area contributed by atoms with Crippen LogP contribution in [0.15, 0.2) is 4.99 Å². The predicted octanol–water partition coefficient (Wildman–Crippen LogP) is -0.0237. The molecule has 0 spiro atoms. The summed E-state index contributed by atoms with van der Waals surface area (Å²) in [5.41, 5.74) is 6.08. The predicted molar refractivity (Wildman–Crippen MR) is 135 cm³/mol. The van der Waals surface area contributed by atoms with Crippen molar-refractivity contribution >= 4 is 29.2 Å². The van der Waals surface area contributed by atoms with E-state index in [-0.39, 0.29) is 31.9 Å². The van der Waals surface area contributed by atoms with Gasteiger partial charge in [-0.25, -0.2) is 0 Å². The van der Waals surface area contributed by atoms with Crippen LogP contribution < -0.4 is 11.1 Å². The maximum Gasteiger partial charge on any atom is 0.305 e. The van der Waals surface area contributed by atoms with Gasteiger partial charge in [0.05, 0.1) is 12.9 Å². The molecular formula is C24H44N4O8. The van der Waals surface area contributed by atoms with Gasteiger partial charge in [0.15, 0.2) is 11.9 Å². The first-order chi connectivity index (χ1) is 17.0. The third kappa shape index (κ3) is 14.9. The number of aliphatic hydroxyl groups excluding tert-OH is 4. The van der Waals surface area contributed by atoms with E-state index < -0.39 is 36.1 Å². The minimum atomic E-state index is -2.06. The summed E-state index contributed by atoms with van der Waals surface area (Å²) in [6.07, 6.45) is -2.09. The van der Waals surface area contributed by atoms with E-state index in [0.717, 1.165) is 25.7 Å². The van der Waals surface area contributed by atoms with Crippen molar-refractivity contribution in [1.29, 1.82) is 5.41 Å². The van der Waals surface area contributed by atoms with Gasteiger partial charge in [-0.05, 0) is 38.5 Å². The number of methoxy groups -OCH3 is 1. The molecule has 0 heterocycles. The van der Waals surface area contributed by atoms with Gasteiger partial charge in [0.1, 0.15) is 18.3 Å². The Labute approximate surface area is 212 Å². The Hall–Kier alpha value is -2.41. The molecule has 0 aliphatic rings. The number of rotatable bonds is 21. The first kappa shape index (κ1) is 33.6. The minimum absolute atomic E-state index is 0.118. The molecule has 0 saturated carbocycles. The molecule has 0 unspecified atom stereocenters. The number of ketones is 1. The van der Waals surface area contributed by atoms with Crippen LogP contribution in [0, 0.1) is 5.41 Å². The van der Waals surface area contributed by atoms with Crippen molar-refractivity contribution in [3.63, 3.8) is 0 Å². The van der Waals surface area contributed by atoms with Gasteiger partial charge in [-0.2, -0.15) is 0 Å². The number of nitrogens with one attached hydrogen (secondary N) is 2. The summed E-state index contributed by atoms with van der Waals surface area (Å²) in [7, 11) is 1.36. The Bertz CT molecular complexity index is 716. The number of unbranched alkanes of at least 4 members (excludes halogenated alkanes) is 3. The number of amidine groups is 1. The zero-order valence-electron chi connectivity index (χ0n) is 21.4. The van der Waals surface area contributed by atoms with Gasteiger partial charge < -0.3 is 41.6 Å². The normalized spacial score (nSPS) is 15.0. The number of carbonyl (C=O) groups is 3. The lowest BCUT2D eigenvalue weighted by Crippen LogP contribution is -2.52. The molecular weight excluding hydrogens is 472 g/mol. The Morgan fingerprint density at radius 1 is 0.889 bits per heavy atom. The number of esters is 1. The molecule has 0 aliphatic heterocycles. The standard InChI is InChI=1S/C24H44N4O8/c1-3-18(26)27-14-9-12-17(29)20(31)21(32)22(33)23(34)24(35)28-15-8-11-16(25)10-6-4-5-7-13-19(30)36-2/h20-23,25,31-34H,3-15H2,1-2H3,(H2,26,27)(H,28,35)/t20-,21+,22+,23-/m0/s1. The molecule has 12 nitrogen and oxygen atoms in total. The van der Waals surface area contributed by atoms with Crippen molar-refractivity contribution in [3.05, 3.63) is 0 Å². The first-order valence-corrected chi connectivity index (χ1v) is 12.5. The Kier molecular flexibility index (Phi) is 18.4. The number of hydrogen-bond donors (Lipinski definition) is 7. The van der Waals surface area contributed by atoms with Gasteiger partial charge in [-0.1, -0.05) is 19.8 Å². The lowest BCUT2D eigenvalue weighted by molar-refractivity contribution is -0.154. The van der Waals surface area contributed by atoms with E-state index in [1.807, 2.05) is 6.92 Å². The van der Waals surface area contributed by atoms with E-state index >= 15 is 0 Å². The lowest BCUT2D eigenvalue weighted by Gasteiger charge is -2.25. The van der Waals surface area contributed by atoms with Crippen LogP contribution in [0.25, 0.3) is 0 Å². The zero-order chi connectivity index (χ0) is 27.5. The molecule has 4 atom stereocenters. The molecule has 1 amide bonds. The largest absolute Gasteiger partial charge is 0.469 e. The summed E-state index contributed by atoms with van der Waals surface area (Å²) < 4.78 is 4.58. The average Bonchev–Trinajstić information content (AvgIpc) is 2.88. The summed E-state index contributed by atoms with van der Waals surface area (Å²) in [5, 5.41) is 50.4. The van der Waals surface area contributed by atoms with Gasteiger partial charge >= 0.3 is 5.97 Å². The second-order valence-electron chi connectivity index (χ2n) is 8.66. The number of amides is 1. The molecule has 0 fully saturated rings. The van der Waals surface area contributed by atoms with Gasteiger partial charge in [-0.3, -0.25) is 19.4 Å². The van der Waals surface area contributed by atoms with Gasteiger partial charge in [-0.15, -0.1) is 0 Å². The number of nitrogens with two attached hydrogens (primary N) is 1. The van der Waals surface area contributed by atoms with Crippen LogP contribution in [0.5, 0.6) is 0 Å². The van der Waals surface area contributed by atoms with Crippen LogP contribution >= 0.6 is 0 Å². The molecule has 0 rings (SSSR count). The fraction of sp³-hybridized carbons (Fsp3) is 0.792. The van der Waals surface area contributed by atoms with E-state index in [2.05, 4.69) is 15.0 Å². The molecule has 0 bridgehead atoms. The van der Waals surface area contributed by atoms with Crippen molar-refractivity contribution in [2.45, 2.75) is 102 Å². The van der Waals surface area contributed by atoms with Crippen LogP contribution in [0.4, 0.5) is 0 Å². The minimum Gasteiger partial charge on any atom is -0.469 e. The van der Waals surface area contributed by atoms with Crippen molar-refractivity contribution in [1.82, 2.24) is 5.32 Å². The maximum atomic E-state index is 12.1. The number of aliphatic imine (C=N–C) groups is 1. The molecule has 208 valence electrons. The Morgan fingerprint density at radius 3 is 2.08 bits per heavy atom. The van der Waals surface area contributed by atoms with Gasteiger partial charge in [0.25, 0.3) is 5.91 Å². The van der Waals surface area contributed by atoms with Gasteiger partial charge in [0, 0.05) is 38.1 Å². The molecule has 12 heteroatoms. The van der Waals surface area contributed by atoms with Crippen molar-refractivity contribution in [2.75, 3.05) is 20.2 Å². The Morgan fingerprint density at radius 2 is 1.47 bits per heavy atom. The Balaban J connectivity index is 4.16. The highest BCUT2D eigenvalue weighted by molar-refractivity contribution is 5.85. The molecule has 36 heavy (non-hydrogen) atoms. The smallest absolute Gasteiger partial charge is 0.305 e. The highest BCUT2D eigenvalue weighted by Gasteiger charge is 2.36. The molecule has 0 aromatic rings. The second kappa shape index (κ2) is 19.7. The summed E-state index contributed by atoms with van der Waals surface area (Å²) in [4.78, 5) is 39.1. The third-order valence-electron chi connectivity index (χ3n) is 5.65. The van der Waals surface area contributed by atoms with E-state index in [1.165, 1.54) is 7.11 Å². The second-order valence-corrected chi connectivity index (χ2v) is 8.66. The molecule has 0 aliphatic carbocycles. The number of aliphatic hydroxyl groups is 4. The van der Waals surface area contributed by atoms with Crippen LogP contribution in [0.1, 0.15) is 77.6 Å². The van der Waals surface area contributed by atoms with E-state index in [9.17, 15) is 34.8 Å². The highest BCUT2D eigenvalue weighted by atomic mass is 16.5. The van der Waals surface area contributed by atoms with Crippen molar-refractivity contribution < 1.29 is 39.5 Å². The van der Waals surface area contributed by atoms with Crippen LogP contribution in [0.3, 0.4) is 0 Å². The SMILES string of the molecule is CCC(N)=NCCCC(=O)[C@H](O)[C@@H](O)[C@@H](O)[C@H](O)C(=O)NCCCC(=N)CCCCCCC(=O)OC. The first-order valence-electron chi connectivity index (χ1n) is 12.5. The topological polar surface area (TPSA) is 216 Å². The number of hydrogen-bond acceptors (Lipinski definition) is 10.